The fourth-order valence-corrected chi connectivity index (χ4v) is 0.966. The molecular formula is C9H14N2S2. The smallest absolute Gasteiger partial charge is 0.0988 e. The lowest BCUT2D eigenvalue weighted by atomic mass is 10.1. The predicted octanol–water partition coefficient (Wildman–Crippen LogP) is 1.84. The van der Waals surface area contributed by atoms with Gasteiger partial charge in [-0.2, -0.15) is 0 Å². The van der Waals surface area contributed by atoms with Gasteiger partial charge >= 0.3 is 0 Å². The molecule has 0 atom stereocenters. The monoisotopic (exact) mass is 214 g/mol. The van der Waals surface area contributed by atoms with Gasteiger partial charge in [0.15, 0.2) is 0 Å². The molecule has 0 aliphatic heterocycles. The summed E-state index contributed by atoms with van der Waals surface area (Å²) in [6, 6.07) is 0. The molecule has 13 heavy (non-hydrogen) atoms. The molecule has 0 saturated heterocycles. The molecule has 0 aromatic carbocycles. The predicted molar refractivity (Wildman–Crippen MR) is 65.7 cm³/mol. The van der Waals surface area contributed by atoms with Gasteiger partial charge in [-0.25, -0.2) is 0 Å². The van der Waals surface area contributed by atoms with E-state index in [0.717, 1.165) is 30.4 Å². The van der Waals surface area contributed by atoms with Crippen LogP contribution in [0, 0.1) is 0 Å². The molecule has 0 heterocycles. The van der Waals surface area contributed by atoms with Crippen molar-refractivity contribution in [1.29, 1.82) is 0 Å². The third-order valence-electron chi connectivity index (χ3n) is 1.65. The van der Waals surface area contributed by atoms with E-state index in [2.05, 4.69) is 13.2 Å². The summed E-state index contributed by atoms with van der Waals surface area (Å²) in [7, 11) is 0. The molecule has 4 N–H and O–H groups in total. The second kappa shape index (κ2) is 5.83. The standard InChI is InChI=1S/C9H14N2S2/c1-6(8(10)12)4-3-5-7(2)9(11)13/h1-5H2,(H2,10,12)(H2,11,13). The van der Waals surface area contributed by atoms with Gasteiger partial charge in [-0.3, -0.25) is 0 Å². The lowest BCUT2D eigenvalue weighted by Crippen LogP contribution is -2.12. The van der Waals surface area contributed by atoms with Crippen molar-refractivity contribution in [1.82, 2.24) is 0 Å². The summed E-state index contributed by atoms with van der Waals surface area (Å²) in [5.41, 5.74) is 12.3. The Hall–Kier alpha value is -0.740. The van der Waals surface area contributed by atoms with E-state index < -0.39 is 0 Å². The van der Waals surface area contributed by atoms with Gasteiger partial charge < -0.3 is 11.5 Å². The highest BCUT2D eigenvalue weighted by molar-refractivity contribution is 7.80. The Kier molecular flexibility index (Phi) is 5.50. The van der Waals surface area contributed by atoms with Crippen molar-refractivity contribution < 1.29 is 0 Å². The zero-order valence-corrected chi connectivity index (χ0v) is 9.14. The van der Waals surface area contributed by atoms with E-state index in [4.69, 9.17) is 35.9 Å². The summed E-state index contributed by atoms with van der Waals surface area (Å²) in [5.74, 6) is 0. The molecule has 0 spiro atoms. The zero-order chi connectivity index (χ0) is 10.4. The van der Waals surface area contributed by atoms with Crippen LogP contribution in [0.15, 0.2) is 24.3 Å². The van der Waals surface area contributed by atoms with Gasteiger partial charge in [-0.1, -0.05) is 37.6 Å². The van der Waals surface area contributed by atoms with Crippen LogP contribution in [0.1, 0.15) is 19.3 Å². The fraction of sp³-hybridized carbons (Fsp3) is 0.333. The van der Waals surface area contributed by atoms with Crippen molar-refractivity contribution in [2.24, 2.45) is 11.5 Å². The minimum absolute atomic E-state index is 0.376. The first-order valence-corrected chi connectivity index (χ1v) is 4.72. The zero-order valence-electron chi connectivity index (χ0n) is 7.51. The molecule has 0 aliphatic carbocycles. The Morgan fingerprint density at radius 2 is 1.23 bits per heavy atom. The second-order valence-corrected chi connectivity index (χ2v) is 3.67. The van der Waals surface area contributed by atoms with Gasteiger partial charge in [0.25, 0.3) is 0 Å². The van der Waals surface area contributed by atoms with Gasteiger partial charge in [0.05, 0.1) is 9.98 Å². The van der Waals surface area contributed by atoms with Gasteiger partial charge in [0, 0.05) is 0 Å². The lowest BCUT2D eigenvalue weighted by molar-refractivity contribution is 0.843. The third kappa shape index (κ3) is 5.49. The summed E-state index contributed by atoms with van der Waals surface area (Å²) >= 11 is 9.51. The minimum atomic E-state index is 0.376. The molecule has 0 fully saturated rings. The average Bonchev–Trinajstić information content (AvgIpc) is 2.03. The van der Waals surface area contributed by atoms with Crippen molar-refractivity contribution in [3.63, 3.8) is 0 Å². The van der Waals surface area contributed by atoms with Crippen LogP contribution in [-0.2, 0) is 0 Å². The van der Waals surface area contributed by atoms with E-state index >= 15 is 0 Å². The third-order valence-corrected chi connectivity index (χ3v) is 2.23. The molecule has 0 aliphatic rings. The van der Waals surface area contributed by atoms with E-state index in [1.54, 1.807) is 0 Å². The number of rotatable bonds is 6. The van der Waals surface area contributed by atoms with Crippen molar-refractivity contribution in [2.75, 3.05) is 0 Å². The highest BCUT2D eigenvalue weighted by atomic mass is 32.1. The molecular weight excluding hydrogens is 200 g/mol. The van der Waals surface area contributed by atoms with E-state index in [-0.39, 0.29) is 0 Å². The molecule has 0 unspecified atom stereocenters. The SMILES string of the molecule is C=C(CCCC(=C)C(N)=S)C(N)=S. The molecule has 0 rings (SSSR count). The van der Waals surface area contributed by atoms with Gasteiger partial charge in [-0.15, -0.1) is 0 Å². The van der Waals surface area contributed by atoms with Crippen LogP contribution in [0.3, 0.4) is 0 Å². The fourth-order valence-electron chi connectivity index (χ4n) is 0.762. The maximum Gasteiger partial charge on any atom is 0.0988 e. The Morgan fingerprint density at radius 3 is 1.46 bits per heavy atom. The molecule has 0 amide bonds. The number of nitrogens with two attached hydrogens (primary N) is 2. The molecule has 4 heteroatoms. The molecule has 0 bridgehead atoms. The molecule has 0 aromatic rings. The number of thiocarbonyl (C=S) groups is 2. The Bertz CT molecular complexity index is 230. The summed E-state index contributed by atoms with van der Waals surface area (Å²) < 4.78 is 0. The average molecular weight is 214 g/mol. The number of hydrogen-bond donors (Lipinski definition) is 2. The first-order valence-electron chi connectivity index (χ1n) is 3.90. The Labute approximate surface area is 89.7 Å². The molecule has 0 saturated carbocycles. The normalized spacial score (nSPS) is 9.23. The molecule has 72 valence electrons. The maximum absolute atomic E-state index is 5.37. The summed E-state index contributed by atoms with van der Waals surface area (Å²) in [4.78, 5) is 0.752. The van der Waals surface area contributed by atoms with Gasteiger partial charge in [0.2, 0.25) is 0 Å². The quantitative estimate of drug-likeness (QED) is 0.523. The van der Waals surface area contributed by atoms with E-state index in [1.165, 1.54) is 0 Å². The van der Waals surface area contributed by atoms with Crippen LogP contribution >= 0.6 is 24.4 Å². The summed E-state index contributed by atoms with van der Waals surface area (Å²) in [6.07, 6.45) is 2.43. The number of hydrogen-bond acceptors (Lipinski definition) is 2. The van der Waals surface area contributed by atoms with Crippen LogP contribution in [0.4, 0.5) is 0 Å². The minimum Gasteiger partial charge on any atom is -0.390 e. The van der Waals surface area contributed by atoms with Crippen molar-refractivity contribution >= 4 is 34.4 Å². The van der Waals surface area contributed by atoms with Crippen molar-refractivity contribution in [3.05, 3.63) is 24.3 Å². The highest BCUT2D eigenvalue weighted by Gasteiger charge is 2.00. The summed E-state index contributed by atoms with van der Waals surface area (Å²) in [6.45, 7) is 7.47. The molecule has 0 radical (unpaired) electrons. The van der Waals surface area contributed by atoms with E-state index in [9.17, 15) is 0 Å². The van der Waals surface area contributed by atoms with Crippen LogP contribution in [0.2, 0.25) is 0 Å². The largest absolute Gasteiger partial charge is 0.390 e. The van der Waals surface area contributed by atoms with E-state index in [1.807, 2.05) is 0 Å². The van der Waals surface area contributed by atoms with Gasteiger partial charge in [0.1, 0.15) is 0 Å². The highest BCUT2D eigenvalue weighted by Crippen LogP contribution is 2.10. The first-order chi connectivity index (χ1) is 5.95. The maximum atomic E-state index is 5.37. The van der Waals surface area contributed by atoms with Crippen LogP contribution in [0.25, 0.3) is 0 Å². The molecule has 0 aromatic heterocycles. The van der Waals surface area contributed by atoms with Gasteiger partial charge in [-0.05, 0) is 30.4 Å². The Morgan fingerprint density at radius 1 is 0.923 bits per heavy atom. The second-order valence-electron chi connectivity index (χ2n) is 2.79. The first kappa shape index (κ1) is 12.3. The summed E-state index contributed by atoms with van der Waals surface area (Å²) in [5, 5.41) is 0. The van der Waals surface area contributed by atoms with Crippen molar-refractivity contribution in [2.45, 2.75) is 19.3 Å². The van der Waals surface area contributed by atoms with Crippen LogP contribution in [0.5, 0.6) is 0 Å². The van der Waals surface area contributed by atoms with Crippen LogP contribution < -0.4 is 11.5 Å². The Balaban J connectivity index is 3.69. The molecule has 2 nitrogen and oxygen atoms in total. The van der Waals surface area contributed by atoms with E-state index in [0.29, 0.717) is 9.98 Å². The van der Waals surface area contributed by atoms with Crippen LogP contribution in [-0.4, -0.2) is 9.98 Å². The lowest BCUT2D eigenvalue weighted by Gasteiger charge is -2.04. The topological polar surface area (TPSA) is 52.0 Å². The van der Waals surface area contributed by atoms with Crippen molar-refractivity contribution in [3.8, 4) is 0 Å².